The number of carbonyl (C=O) groups excluding carboxylic acids is 3. The van der Waals surface area contributed by atoms with Gasteiger partial charge in [0, 0.05) is 31.3 Å². The molecule has 0 spiro atoms. The summed E-state index contributed by atoms with van der Waals surface area (Å²) < 4.78 is 17.9. The van der Waals surface area contributed by atoms with Crippen LogP contribution in [0.5, 0.6) is 0 Å². The summed E-state index contributed by atoms with van der Waals surface area (Å²) in [5, 5.41) is 12.1. The van der Waals surface area contributed by atoms with Crippen LogP contribution in [0, 0.1) is 17.3 Å². The van der Waals surface area contributed by atoms with Crippen LogP contribution in [0.25, 0.3) is 0 Å². The van der Waals surface area contributed by atoms with Crippen LogP contribution in [0.3, 0.4) is 0 Å². The average molecular weight is 499 g/mol. The number of ether oxygens (including phenoxy) is 3. The van der Waals surface area contributed by atoms with Crippen molar-refractivity contribution in [3.05, 3.63) is 59.2 Å². The van der Waals surface area contributed by atoms with Crippen LogP contribution in [0.4, 0.5) is 0 Å². The molecule has 1 saturated carbocycles. The second kappa shape index (κ2) is 10.6. The van der Waals surface area contributed by atoms with E-state index in [0.29, 0.717) is 17.6 Å². The first-order valence-corrected chi connectivity index (χ1v) is 12.5. The second-order valence-corrected chi connectivity index (χ2v) is 10.6. The van der Waals surface area contributed by atoms with E-state index in [9.17, 15) is 19.5 Å². The first-order valence-electron chi connectivity index (χ1n) is 12.5. The minimum absolute atomic E-state index is 0.133. The maximum atomic E-state index is 13.2. The highest BCUT2D eigenvalue weighted by molar-refractivity contribution is 5.89. The third kappa shape index (κ3) is 5.12. The van der Waals surface area contributed by atoms with Crippen LogP contribution in [0.2, 0.25) is 0 Å². The maximum Gasteiger partial charge on any atom is 0.338 e. The first-order chi connectivity index (χ1) is 16.8. The van der Waals surface area contributed by atoms with Crippen LogP contribution in [-0.2, 0) is 23.8 Å². The summed E-state index contributed by atoms with van der Waals surface area (Å²) in [5.41, 5.74) is -0.723. The van der Waals surface area contributed by atoms with Crippen LogP contribution in [0.1, 0.15) is 71.7 Å². The molecular formula is C29H38O7. The summed E-state index contributed by atoms with van der Waals surface area (Å²) in [7, 11) is 0. The third-order valence-electron chi connectivity index (χ3n) is 7.92. The van der Waals surface area contributed by atoms with E-state index < -0.39 is 53.2 Å². The van der Waals surface area contributed by atoms with Gasteiger partial charge in [-0.05, 0) is 44.9 Å². The molecule has 1 aromatic carbocycles. The smallest absolute Gasteiger partial charge is 0.338 e. The van der Waals surface area contributed by atoms with Gasteiger partial charge in [0.15, 0.2) is 0 Å². The van der Waals surface area contributed by atoms with Gasteiger partial charge in [-0.2, -0.15) is 0 Å². The number of hydrogen-bond acceptors (Lipinski definition) is 7. The van der Waals surface area contributed by atoms with Crippen molar-refractivity contribution in [2.45, 2.75) is 85.2 Å². The van der Waals surface area contributed by atoms with Crippen molar-refractivity contribution in [3.8, 4) is 0 Å². The summed E-state index contributed by atoms with van der Waals surface area (Å²) >= 11 is 0. The van der Waals surface area contributed by atoms with Crippen molar-refractivity contribution >= 4 is 17.9 Å². The summed E-state index contributed by atoms with van der Waals surface area (Å²) in [4.78, 5) is 38.2. The van der Waals surface area contributed by atoms with Gasteiger partial charge in [0.1, 0.15) is 18.3 Å². The normalized spacial score (nSPS) is 32.2. The standard InChI is InChI=1S/C29H38O7/c1-8-19(5)26(31)35-22-14-18(4)15-23(36-27(32)21-12-10-9-11-13-21)28(7)24(34-20(6)30)16-29(33,17(2)3)25(22)28/h8-13,15,17,22-25,33H,14,16H2,1-7H3/t22-,23-,24-,25+,28-,29+/m0/s1. The number of hydrogen-bond donors (Lipinski definition) is 1. The second-order valence-electron chi connectivity index (χ2n) is 10.6. The lowest BCUT2D eigenvalue weighted by Crippen LogP contribution is -2.55. The maximum absolute atomic E-state index is 13.2. The molecule has 0 radical (unpaired) electrons. The fourth-order valence-electron chi connectivity index (χ4n) is 5.75. The lowest BCUT2D eigenvalue weighted by atomic mass is 9.66. The molecule has 0 aromatic heterocycles. The van der Waals surface area contributed by atoms with E-state index in [1.54, 1.807) is 44.2 Å². The van der Waals surface area contributed by atoms with Crippen molar-refractivity contribution in [3.63, 3.8) is 0 Å². The molecule has 1 aromatic rings. The van der Waals surface area contributed by atoms with E-state index in [1.165, 1.54) is 6.92 Å². The Hall–Kier alpha value is -2.93. The molecule has 0 aliphatic heterocycles. The molecule has 2 aliphatic rings. The van der Waals surface area contributed by atoms with Crippen molar-refractivity contribution in [1.82, 2.24) is 0 Å². The number of allylic oxidation sites excluding steroid dienone is 1. The Morgan fingerprint density at radius 1 is 1.08 bits per heavy atom. The lowest BCUT2D eigenvalue weighted by molar-refractivity contribution is -0.174. The summed E-state index contributed by atoms with van der Waals surface area (Å²) in [6.07, 6.45) is 1.68. The van der Waals surface area contributed by atoms with Crippen molar-refractivity contribution in [2.75, 3.05) is 0 Å². The molecule has 2 aliphatic carbocycles. The number of fused-ring (bicyclic) bond motifs is 1. The zero-order chi connectivity index (χ0) is 26.8. The van der Waals surface area contributed by atoms with E-state index in [2.05, 4.69) is 0 Å². The summed E-state index contributed by atoms with van der Waals surface area (Å²) in [6, 6.07) is 8.66. The monoisotopic (exact) mass is 498 g/mol. The molecule has 0 unspecified atom stereocenters. The molecule has 7 heteroatoms. The summed E-state index contributed by atoms with van der Waals surface area (Å²) in [5.74, 6) is -2.42. The lowest BCUT2D eigenvalue weighted by Gasteiger charge is -2.45. The molecule has 0 amide bonds. The number of rotatable bonds is 6. The molecule has 1 fully saturated rings. The fourth-order valence-corrected chi connectivity index (χ4v) is 5.75. The molecule has 0 heterocycles. The van der Waals surface area contributed by atoms with Gasteiger partial charge in [-0.1, -0.05) is 50.6 Å². The van der Waals surface area contributed by atoms with Crippen LogP contribution in [-0.4, -0.2) is 46.9 Å². The molecular weight excluding hydrogens is 460 g/mol. The highest BCUT2D eigenvalue weighted by Gasteiger charge is 2.69. The molecule has 36 heavy (non-hydrogen) atoms. The Balaban J connectivity index is 2.15. The van der Waals surface area contributed by atoms with E-state index >= 15 is 0 Å². The van der Waals surface area contributed by atoms with Crippen molar-refractivity contribution < 1.29 is 33.7 Å². The zero-order valence-electron chi connectivity index (χ0n) is 22.2. The molecule has 196 valence electrons. The highest BCUT2D eigenvalue weighted by atomic mass is 16.6. The largest absolute Gasteiger partial charge is 0.462 e. The molecule has 3 rings (SSSR count). The van der Waals surface area contributed by atoms with Crippen LogP contribution in [0.15, 0.2) is 53.6 Å². The zero-order valence-corrected chi connectivity index (χ0v) is 22.2. The van der Waals surface area contributed by atoms with Gasteiger partial charge >= 0.3 is 17.9 Å². The predicted octanol–water partition coefficient (Wildman–Crippen LogP) is 4.79. The Kier molecular flexibility index (Phi) is 8.13. The Bertz CT molecular complexity index is 1060. The van der Waals surface area contributed by atoms with Gasteiger partial charge in [0.05, 0.1) is 16.6 Å². The average Bonchev–Trinajstić information content (AvgIpc) is 2.98. The molecule has 1 N–H and O–H groups in total. The van der Waals surface area contributed by atoms with Gasteiger partial charge < -0.3 is 19.3 Å². The topological polar surface area (TPSA) is 99.1 Å². The fraction of sp³-hybridized carbons (Fsp3) is 0.552. The molecule has 0 bridgehead atoms. The van der Waals surface area contributed by atoms with E-state index in [4.69, 9.17) is 14.2 Å². The molecule has 0 saturated heterocycles. The van der Waals surface area contributed by atoms with E-state index in [1.807, 2.05) is 39.8 Å². The number of esters is 3. The molecule has 6 atom stereocenters. The number of benzene rings is 1. The minimum atomic E-state index is -1.35. The van der Waals surface area contributed by atoms with Crippen molar-refractivity contribution in [2.24, 2.45) is 17.3 Å². The SMILES string of the molecule is CC=C(C)C(=O)O[C@H]1CC(C)=C[C@H](OC(=O)c2ccccc2)[C@@]2(C)[C@@H](OC(C)=O)C[C@@](O)(C(C)C)[C@H]12. The van der Waals surface area contributed by atoms with E-state index in [-0.39, 0.29) is 12.3 Å². The predicted molar refractivity (Wildman–Crippen MR) is 135 cm³/mol. The quantitative estimate of drug-likeness (QED) is 0.261. The third-order valence-corrected chi connectivity index (χ3v) is 7.92. The highest BCUT2D eigenvalue weighted by Crippen LogP contribution is 2.60. The Morgan fingerprint density at radius 2 is 1.72 bits per heavy atom. The van der Waals surface area contributed by atoms with E-state index in [0.717, 1.165) is 5.57 Å². The van der Waals surface area contributed by atoms with Crippen LogP contribution >= 0.6 is 0 Å². The van der Waals surface area contributed by atoms with Gasteiger partial charge in [0.25, 0.3) is 0 Å². The Labute approximate surface area is 213 Å². The first kappa shape index (κ1) is 27.7. The minimum Gasteiger partial charge on any atom is -0.462 e. The van der Waals surface area contributed by atoms with Gasteiger partial charge in [-0.3, -0.25) is 4.79 Å². The van der Waals surface area contributed by atoms with Gasteiger partial charge in [-0.15, -0.1) is 0 Å². The number of aliphatic hydroxyl groups is 1. The van der Waals surface area contributed by atoms with Crippen molar-refractivity contribution in [1.29, 1.82) is 0 Å². The van der Waals surface area contributed by atoms with Gasteiger partial charge in [0.2, 0.25) is 0 Å². The Morgan fingerprint density at radius 3 is 2.28 bits per heavy atom. The summed E-state index contributed by atoms with van der Waals surface area (Å²) in [6.45, 7) is 12.3. The van der Waals surface area contributed by atoms with Crippen LogP contribution < -0.4 is 0 Å². The van der Waals surface area contributed by atoms with Gasteiger partial charge in [-0.25, -0.2) is 9.59 Å². The number of carbonyl (C=O) groups is 3. The molecule has 7 nitrogen and oxygen atoms in total.